The van der Waals surface area contributed by atoms with Crippen molar-refractivity contribution in [3.63, 3.8) is 0 Å². The lowest BCUT2D eigenvalue weighted by Crippen LogP contribution is -2.21. The van der Waals surface area contributed by atoms with E-state index < -0.39 is 0 Å². The summed E-state index contributed by atoms with van der Waals surface area (Å²) in [6.45, 7) is 18.2. The van der Waals surface area contributed by atoms with E-state index in [1.54, 1.807) is 6.08 Å². The highest BCUT2D eigenvalue weighted by Crippen LogP contribution is 2.18. The van der Waals surface area contributed by atoms with Crippen LogP contribution >= 0.6 is 0 Å². The second kappa shape index (κ2) is 10.5. The Bertz CT molecular complexity index is 618. The first kappa shape index (κ1) is 20.8. The molecule has 3 nitrogen and oxygen atoms in total. The Balaban J connectivity index is 3.00. The monoisotopic (exact) mass is 340 g/mol. The Morgan fingerprint density at radius 3 is 1.96 bits per heavy atom. The third-order valence-electron chi connectivity index (χ3n) is 4.51. The van der Waals surface area contributed by atoms with Crippen LogP contribution in [0.4, 0.5) is 5.69 Å². The van der Waals surface area contributed by atoms with Gasteiger partial charge in [-0.15, -0.1) is 0 Å². The minimum Gasteiger partial charge on any atom is -0.376 e. The number of carbonyl (C=O) groups excluding carboxylic acids is 1. The summed E-state index contributed by atoms with van der Waals surface area (Å²) in [6, 6.07) is 7.82. The highest BCUT2D eigenvalue weighted by Gasteiger charge is 2.10. The van der Waals surface area contributed by atoms with E-state index in [1.807, 2.05) is 36.4 Å². The Labute approximate surface area is 153 Å². The molecule has 0 aliphatic rings. The summed E-state index contributed by atoms with van der Waals surface area (Å²) in [6.07, 6.45) is 5.49. The van der Waals surface area contributed by atoms with Crippen molar-refractivity contribution in [3.8, 4) is 0 Å². The van der Waals surface area contributed by atoms with Crippen LogP contribution in [0.25, 0.3) is 0 Å². The van der Waals surface area contributed by atoms with Gasteiger partial charge >= 0.3 is 0 Å². The predicted molar refractivity (Wildman–Crippen MR) is 109 cm³/mol. The molecule has 25 heavy (non-hydrogen) atoms. The molecule has 0 saturated heterocycles. The summed E-state index contributed by atoms with van der Waals surface area (Å²) < 4.78 is 0. The molecule has 136 valence electrons. The lowest BCUT2D eigenvalue weighted by molar-refractivity contribution is 0.103. The number of carbonyl (C=O) groups is 1. The summed E-state index contributed by atoms with van der Waals surface area (Å²) in [5, 5.41) is 0. The van der Waals surface area contributed by atoms with Crippen LogP contribution in [0.3, 0.4) is 0 Å². The molecule has 0 radical (unpaired) electrons. The maximum atomic E-state index is 12.7. The molecule has 0 bridgehead atoms. The Kier molecular flexibility index (Phi) is 8.76. The van der Waals surface area contributed by atoms with E-state index in [4.69, 9.17) is 0 Å². The van der Waals surface area contributed by atoms with E-state index in [0.29, 0.717) is 11.1 Å². The van der Waals surface area contributed by atoms with Crippen molar-refractivity contribution >= 4 is 11.5 Å². The average Bonchev–Trinajstić information content (AvgIpc) is 2.64. The highest BCUT2D eigenvalue weighted by atomic mass is 16.1. The van der Waals surface area contributed by atoms with Gasteiger partial charge in [-0.3, -0.25) is 4.79 Å². The Morgan fingerprint density at radius 1 is 0.960 bits per heavy atom. The maximum absolute atomic E-state index is 12.7. The van der Waals surface area contributed by atoms with Gasteiger partial charge in [-0.2, -0.15) is 0 Å². The Hall–Kier alpha value is -2.29. The standard InChI is InChI=1S/C22H32N2O/c1-7-19(13-12-18(6)23(8-2)9-3)22(25)20-14-16-21(17-15-20)24(10-4)11-5/h7,12-17H,1,8-11H2,2-6H3/b18-12+,19-13+. The number of Topliss-reactive ketones (excluding diaryl/α,β-unsaturated/α-hetero) is 1. The van der Waals surface area contributed by atoms with Crippen molar-refractivity contribution < 1.29 is 4.79 Å². The number of nitrogens with zero attached hydrogens (tertiary/aromatic N) is 2. The van der Waals surface area contributed by atoms with E-state index >= 15 is 0 Å². The van der Waals surface area contributed by atoms with Gasteiger partial charge in [-0.05, 0) is 71.0 Å². The molecule has 0 aliphatic heterocycles. The van der Waals surface area contributed by atoms with Gasteiger partial charge in [0, 0.05) is 48.7 Å². The van der Waals surface area contributed by atoms with E-state index in [9.17, 15) is 4.79 Å². The topological polar surface area (TPSA) is 23.6 Å². The molecule has 0 unspecified atom stereocenters. The Morgan fingerprint density at radius 2 is 1.52 bits per heavy atom. The van der Waals surface area contributed by atoms with Crippen molar-refractivity contribution in [1.29, 1.82) is 0 Å². The number of allylic oxidation sites excluding steroid dienone is 5. The highest BCUT2D eigenvalue weighted by molar-refractivity contribution is 6.10. The van der Waals surface area contributed by atoms with E-state index in [1.165, 1.54) is 0 Å². The average molecular weight is 341 g/mol. The largest absolute Gasteiger partial charge is 0.376 e. The molecular weight excluding hydrogens is 308 g/mol. The third kappa shape index (κ3) is 5.63. The van der Waals surface area contributed by atoms with Crippen LogP contribution in [-0.4, -0.2) is 36.9 Å². The number of benzene rings is 1. The van der Waals surface area contributed by atoms with Gasteiger partial charge in [0.05, 0.1) is 0 Å². The minimum atomic E-state index is 0.00435. The van der Waals surface area contributed by atoms with Crippen molar-refractivity contribution in [2.45, 2.75) is 34.6 Å². The predicted octanol–water partition coefficient (Wildman–Crippen LogP) is 5.07. The molecule has 0 aromatic heterocycles. The molecule has 0 atom stereocenters. The summed E-state index contributed by atoms with van der Waals surface area (Å²) in [5.41, 5.74) is 3.59. The zero-order chi connectivity index (χ0) is 18.8. The van der Waals surface area contributed by atoms with Gasteiger partial charge in [0.2, 0.25) is 0 Å². The summed E-state index contributed by atoms with van der Waals surface area (Å²) in [7, 11) is 0. The summed E-state index contributed by atoms with van der Waals surface area (Å²) in [5.74, 6) is 0.00435. The summed E-state index contributed by atoms with van der Waals surface area (Å²) in [4.78, 5) is 17.2. The SMILES string of the molecule is C=C/C(=C\C=C(/C)N(CC)CC)C(=O)c1ccc(N(CC)CC)cc1. The number of ketones is 1. The summed E-state index contributed by atoms with van der Waals surface area (Å²) >= 11 is 0. The van der Waals surface area contributed by atoms with Gasteiger partial charge in [0.15, 0.2) is 5.78 Å². The van der Waals surface area contributed by atoms with Crippen LogP contribution in [0.1, 0.15) is 45.0 Å². The van der Waals surface area contributed by atoms with Crippen molar-refractivity contribution in [3.05, 3.63) is 65.9 Å². The molecule has 1 rings (SSSR count). The fourth-order valence-electron chi connectivity index (χ4n) is 2.85. The van der Waals surface area contributed by atoms with Crippen LogP contribution in [0.5, 0.6) is 0 Å². The minimum absolute atomic E-state index is 0.00435. The molecule has 1 aromatic carbocycles. The fourth-order valence-corrected chi connectivity index (χ4v) is 2.85. The van der Waals surface area contributed by atoms with Crippen molar-refractivity contribution in [2.75, 3.05) is 31.1 Å². The molecule has 0 saturated carbocycles. The second-order valence-electron chi connectivity index (χ2n) is 5.85. The third-order valence-corrected chi connectivity index (χ3v) is 4.51. The second-order valence-corrected chi connectivity index (χ2v) is 5.85. The van der Waals surface area contributed by atoms with Crippen molar-refractivity contribution in [1.82, 2.24) is 4.90 Å². The van der Waals surface area contributed by atoms with Crippen LogP contribution in [-0.2, 0) is 0 Å². The molecule has 0 heterocycles. The van der Waals surface area contributed by atoms with Crippen molar-refractivity contribution in [2.24, 2.45) is 0 Å². The number of hydrogen-bond acceptors (Lipinski definition) is 3. The van der Waals surface area contributed by atoms with E-state index in [-0.39, 0.29) is 5.78 Å². The zero-order valence-corrected chi connectivity index (χ0v) is 16.4. The molecule has 0 N–H and O–H groups in total. The van der Waals surface area contributed by atoms with E-state index in [2.05, 4.69) is 51.0 Å². The fraction of sp³-hybridized carbons (Fsp3) is 0.409. The quantitative estimate of drug-likeness (QED) is 0.337. The lowest BCUT2D eigenvalue weighted by Gasteiger charge is -2.21. The van der Waals surface area contributed by atoms with Gasteiger partial charge in [0.25, 0.3) is 0 Å². The smallest absolute Gasteiger partial charge is 0.193 e. The first-order valence-corrected chi connectivity index (χ1v) is 9.17. The maximum Gasteiger partial charge on any atom is 0.193 e. The molecule has 0 amide bonds. The van der Waals surface area contributed by atoms with Gasteiger partial charge in [-0.25, -0.2) is 0 Å². The molecule has 3 heteroatoms. The van der Waals surface area contributed by atoms with Crippen LogP contribution in [0, 0.1) is 0 Å². The first-order valence-electron chi connectivity index (χ1n) is 9.17. The van der Waals surface area contributed by atoms with Crippen LogP contribution in [0.15, 0.2) is 60.3 Å². The molecule has 0 aliphatic carbocycles. The van der Waals surface area contributed by atoms with E-state index in [0.717, 1.165) is 37.6 Å². The first-order chi connectivity index (χ1) is 12.0. The number of rotatable bonds is 10. The zero-order valence-electron chi connectivity index (χ0n) is 16.4. The molecular formula is C22H32N2O. The van der Waals surface area contributed by atoms with Crippen LogP contribution < -0.4 is 4.90 Å². The van der Waals surface area contributed by atoms with Gasteiger partial charge in [-0.1, -0.05) is 12.7 Å². The van der Waals surface area contributed by atoms with Gasteiger partial charge < -0.3 is 9.80 Å². The van der Waals surface area contributed by atoms with Gasteiger partial charge in [0.1, 0.15) is 0 Å². The number of hydrogen-bond donors (Lipinski definition) is 0. The number of anilines is 1. The van der Waals surface area contributed by atoms with Crippen LogP contribution in [0.2, 0.25) is 0 Å². The molecule has 0 fully saturated rings. The lowest BCUT2D eigenvalue weighted by atomic mass is 10.0. The normalized spacial score (nSPS) is 12.0. The molecule has 0 spiro atoms. The molecule has 1 aromatic rings.